The van der Waals surface area contributed by atoms with E-state index in [1.165, 1.54) is 17.3 Å². The van der Waals surface area contributed by atoms with Crippen molar-refractivity contribution in [3.63, 3.8) is 0 Å². The zero-order valence-corrected chi connectivity index (χ0v) is 17.5. The third-order valence-corrected chi connectivity index (χ3v) is 6.51. The number of thioether (sulfide) groups is 1. The van der Waals surface area contributed by atoms with Crippen molar-refractivity contribution in [1.29, 1.82) is 0 Å². The minimum atomic E-state index is -0.320. The van der Waals surface area contributed by atoms with E-state index in [-0.39, 0.29) is 22.6 Å². The molecule has 2 aromatic carbocycles. The number of aromatic nitrogens is 2. The highest BCUT2D eigenvalue weighted by molar-refractivity contribution is 8.00. The summed E-state index contributed by atoms with van der Waals surface area (Å²) < 4.78 is 1.80. The van der Waals surface area contributed by atoms with Crippen LogP contribution in [0.4, 0.5) is 0 Å². The molecule has 144 valence electrons. The number of carbonyl (C=O) groups excluding carboxylic acids is 1. The number of fused-ring (bicyclic) bond motifs is 1. The van der Waals surface area contributed by atoms with Crippen LogP contribution in [0.1, 0.15) is 52.9 Å². The molecule has 0 radical (unpaired) electrons. The van der Waals surface area contributed by atoms with E-state index in [9.17, 15) is 9.59 Å². The van der Waals surface area contributed by atoms with Gasteiger partial charge in [0, 0.05) is 11.6 Å². The first kappa shape index (κ1) is 18.9. The van der Waals surface area contributed by atoms with Gasteiger partial charge in [0.05, 0.1) is 16.2 Å². The monoisotopic (exact) mass is 392 g/mol. The maximum absolute atomic E-state index is 13.1. The summed E-state index contributed by atoms with van der Waals surface area (Å²) in [5.41, 5.74) is 4.74. The molecule has 1 aliphatic rings. The Hall–Kier alpha value is -2.40. The number of hydrogen-bond donors (Lipinski definition) is 0. The Balaban J connectivity index is 1.72. The molecule has 1 aliphatic carbocycles. The fourth-order valence-electron chi connectivity index (χ4n) is 3.52. The number of Topliss-reactive ketones (excluding diaryl/α,β-unsaturated/α-hetero) is 1. The average Bonchev–Trinajstić information content (AvgIpc) is 3.49. The average molecular weight is 393 g/mol. The van der Waals surface area contributed by atoms with Crippen LogP contribution in [0.25, 0.3) is 10.9 Å². The molecule has 0 amide bonds. The Morgan fingerprint density at radius 3 is 2.50 bits per heavy atom. The fourth-order valence-corrected chi connectivity index (χ4v) is 4.57. The van der Waals surface area contributed by atoms with E-state index in [1.807, 2.05) is 51.1 Å². The molecule has 4 rings (SSSR count). The molecule has 28 heavy (non-hydrogen) atoms. The predicted molar refractivity (Wildman–Crippen MR) is 115 cm³/mol. The van der Waals surface area contributed by atoms with Crippen molar-refractivity contribution in [2.75, 3.05) is 0 Å². The van der Waals surface area contributed by atoms with Crippen molar-refractivity contribution in [2.24, 2.45) is 0 Å². The number of para-hydroxylation sites is 1. The molecule has 5 heteroatoms. The number of benzene rings is 2. The zero-order chi connectivity index (χ0) is 20.0. The van der Waals surface area contributed by atoms with E-state index in [1.54, 1.807) is 4.57 Å². The van der Waals surface area contributed by atoms with Gasteiger partial charge >= 0.3 is 0 Å². The zero-order valence-electron chi connectivity index (χ0n) is 16.7. The largest absolute Gasteiger partial charge is 0.293 e. The quantitative estimate of drug-likeness (QED) is 0.347. The van der Waals surface area contributed by atoms with Gasteiger partial charge in [-0.15, -0.1) is 0 Å². The number of rotatable bonds is 5. The van der Waals surface area contributed by atoms with E-state index >= 15 is 0 Å². The van der Waals surface area contributed by atoms with Crippen LogP contribution in [0, 0.1) is 20.8 Å². The molecule has 1 fully saturated rings. The second-order valence-electron chi connectivity index (χ2n) is 7.69. The van der Waals surface area contributed by atoms with Crippen LogP contribution in [-0.4, -0.2) is 20.6 Å². The van der Waals surface area contributed by atoms with Gasteiger partial charge < -0.3 is 0 Å². The summed E-state index contributed by atoms with van der Waals surface area (Å²) in [5, 5.41) is 0.968. The topological polar surface area (TPSA) is 52.0 Å². The van der Waals surface area contributed by atoms with E-state index in [2.05, 4.69) is 13.0 Å². The van der Waals surface area contributed by atoms with Gasteiger partial charge in [0.15, 0.2) is 10.9 Å². The molecule has 1 aromatic heterocycles. The Kier molecular flexibility index (Phi) is 4.88. The second-order valence-corrected chi connectivity index (χ2v) is 9.00. The molecular formula is C23H24N2O2S. The SMILES string of the molecule is Cc1cc(C)c(C(=O)[C@@H](C)Sc2nc3ccccc3c(=O)n2C2CC2)cc1C. The first-order chi connectivity index (χ1) is 13.4. The van der Waals surface area contributed by atoms with Crippen molar-refractivity contribution in [1.82, 2.24) is 9.55 Å². The van der Waals surface area contributed by atoms with Gasteiger partial charge in [-0.3, -0.25) is 14.2 Å². The van der Waals surface area contributed by atoms with Gasteiger partial charge in [0.25, 0.3) is 5.56 Å². The van der Waals surface area contributed by atoms with E-state index in [4.69, 9.17) is 4.98 Å². The van der Waals surface area contributed by atoms with E-state index in [0.29, 0.717) is 16.1 Å². The van der Waals surface area contributed by atoms with Crippen molar-refractivity contribution in [3.05, 3.63) is 69.0 Å². The van der Waals surface area contributed by atoms with Crippen molar-refractivity contribution in [3.8, 4) is 0 Å². The Labute approximate surface area is 169 Å². The number of carbonyl (C=O) groups is 1. The van der Waals surface area contributed by atoms with Gasteiger partial charge in [0.2, 0.25) is 0 Å². The lowest BCUT2D eigenvalue weighted by atomic mass is 9.97. The molecule has 0 unspecified atom stereocenters. The van der Waals surface area contributed by atoms with Crippen LogP contribution in [0.15, 0.2) is 46.3 Å². The summed E-state index contributed by atoms with van der Waals surface area (Å²) in [6, 6.07) is 11.7. The lowest BCUT2D eigenvalue weighted by molar-refractivity contribution is 0.0993. The summed E-state index contributed by atoms with van der Waals surface area (Å²) in [4.78, 5) is 30.9. The second kappa shape index (κ2) is 7.21. The molecule has 0 saturated heterocycles. The van der Waals surface area contributed by atoms with Crippen molar-refractivity contribution < 1.29 is 4.79 Å². The van der Waals surface area contributed by atoms with Crippen LogP contribution < -0.4 is 5.56 Å². The first-order valence-electron chi connectivity index (χ1n) is 9.67. The maximum Gasteiger partial charge on any atom is 0.262 e. The summed E-state index contributed by atoms with van der Waals surface area (Å²) in [5.74, 6) is 0.0790. The molecule has 1 atom stereocenters. The van der Waals surface area contributed by atoms with Gasteiger partial charge in [-0.25, -0.2) is 4.98 Å². The molecule has 3 aromatic rings. The molecule has 0 N–H and O–H groups in total. The lowest BCUT2D eigenvalue weighted by Gasteiger charge is -2.17. The summed E-state index contributed by atoms with van der Waals surface area (Å²) in [7, 11) is 0. The highest BCUT2D eigenvalue weighted by atomic mass is 32.2. The van der Waals surface area contributed by atoms with E-state index < -0.39 is 0 Å². The van der Waals surface area contributed by atoms with E-state index in [0.717, 1.165) is 29.5 Å². The minimum Gasteiger partial charge on any atom is -0.293 e. The highest BCUT2D eigenvalue weighted by Gasteiger charge is 2.30. The van der Waals surface area contributed by atoms with Gasteiger partial charge in [0.1, 0.15) is 0 Å². The number of hydrogen-bond acceptors (Lipinski definition) is 4. The van der Waals surface area contributed by atoms with Gasteiger partial charge in [-0.1, -0.05) is 30.0 Å². The summed E-state index contributed by atoms with van der Waals surface area (Å²) in [6.45, 7) is 7.97. The van der Waals surface area contributed by atoms with Crippen LogP contribution in [-0.2, 0) is 0 Å². The molecule has 1 heterocycles. The molecular weight excluding hydrogens is 368 g/mol. The standard InChI is InChI=1S/C23H24N2O2S/c1-13-11-15(3)19(12-14(13)2)21(26)16(4)28-23-24-20-8-6-5-7-18(20)22(27)25(23)17-9-10-17/h5-8,11-12,16-17H,9-10H2,1-4H3/t16-/m1/s1. The van der Waals surface area contributed by atoms with Crippen LogP contribution >= 0.6 is 11.8 Å². The predicted octanol–water partition coefficient (Wildman–Crippen LogP) is 5.02. The van der Waals surface area contributed by atoms with Gasteiger partial charge in [-0.05, 0) is 75.4 Å². The maximum atomic E-state index is 13.1. The highest BCUT2D eigenvalue weighted by Crippen LogP contribution is 2.38. The fraction of sp³-hybridized carbons (Fsp3) is 0.348. The normalized spacial score (nSPS) is 15.0. The molecule has 0 aliphatic heterocycles. The third-order valence-electron chi connectivity index (χ3n) is 5.45. The van der Waals surface area contributed by atoms with Crippen molar-refractivity contribution in [2.45, 2.75) is 57.0 Å². The molecule has 4 nitrogen and oxygen atoms in total. The Bertz CT molecular complexity index is 1150. The van der Waals surface area contributed by atoms with Crippen LogP contribution in [0.2, 0.25) is 0 Å². The summed E-state index contributed by atoms with van der Waals surface area (Å²) in [6.07, 6.45) is 1.98. The smallest absolute Gasteiger partial charge is 0.262 e. The lowest BCUT2D eigenvalue weighted by Crippen LogP contribution is -2.24. The van der Waals surface area contributed by atoms with Gasteiger partial charge in [-0.2, -0.15) is 0 Å². The third kappa shape index (κ3) is 3.39. The molecule has 1 saturated carbocycles. The summed E-state index contributed by atoms with van der Waals surface area (Å²) >= 11 is 1.39. The minimum absolute atomic E-state index is 0.00221. The van der Waals surface area contributed by atoms with Crippen LogP contribution in [0.5, 0.6) is 0 Å². The number of aryl methyl sites for hydroxylation is 3. The Morgan fingerprint density at radius 1 is 1.11 bits per heavy atom. The Morgan fingerprint density at radius 2 is 1.79 bits per heavy atom. The first-order valence-corrected chi connectivity index (χ1v) is 10.5. The van der Waals surface area contributed by atoms with Crippen LogP contribution in [0.3, 0.4) is 0 Å². The number of nitrogens with zero attached hydrogens (tertiary/aromatic N) is 2. The number of ketones is 1. The molecule has 0 bridgehead atoms. The van der Waals surface area contributed by atoms with Crippen molar-refractivity contribution >= 4 is 28.4 Å². The molecule has 0 spiro atoms.